The van der Waals surface area contributed by atoms with Crippen molar-refractivity contribution in [1.29, 1.82) is 0 Å². The van der Waals surface area contributed by atoms with Crippen LogP contribution >= 0.6 is 0 Å². The van der Waals surface area contributed by atoms with Gasteiger partial charge in [-0.25, -0.2) is 0 Å². The van der Waals surface area contributed by atoms with E-state index in [9.17, 15) is 40.2 Å². The third-order valence-corrected chi connectivity index (χ3v) is 3.26. The van der Waals surface area contributed by atoms with E-state index in [1.807, 2.05) is 0 Å². The van der Waals surface area contributed by atoms with Crippen LogP contribution in [-0.2, 0) is 0 Å². The lowest BCUT2D eigenvalue weighted by molar-refractivity contribution is 0.342. The van der Waals surface area contributed by atoms with E-state index >= 15 is 0 Å². The summed E-state index contributed by atoms with van der Waals surface area (Å²) in [4.78, 5) is -0.298. The number of fused-ring (bicyclic) bond motifs is 3. The summed E-state index contributed by atoms with van der Waals surface area (Å²) in [5, 5.41) is 66.1. The molecule has 1 heterocycles. The number of rotatable bonds is 0. The maximum atomic E-state index is 14.3. The molecule has 110 valence electrons. The van der Waals surface area contributed by atoms with Gasteiger partial charge in [-0.05, 0) is 6.07 Å². The molecule has 0 fully saturated rings. The number of aromatic nitrogens is 1. The van der Waals surface area contributed by atoms with Crippen LogP contribution in [0.3, 0.4) is 0 Å². The number of aromatic hydroxyl groups is 7. The summed E-state index contributed by atoms with van der Waals surface area (Å²) < 4.78 is 14.3. The molecule has 21 heavy (non-hydrogen) atoms. The Morgan fingerprint density at radius 2 is 1.19 bits per heavy atom. The molecule has 0 bridgehead atoms. The van der Waals surface area contributed by atoms with E-state index < -0.39 is 56.7 Å². The van der Waals surface area contributed by atoms with Crippen LogP contribution in [0.15, 0.2) is 6.07 Å². The van der Waals surface area contributed by atoms with Crippen LogP contribution in [0.1, 0.15) is 0 Å². The average Bonchev–Trinajstić information content (AvgIpc) is 2.73. The molecule has 0 amide bonds. The lowest BCUT2D eigenvalue weighted by Gasteiger charge is -2.05. The molecule has 0 aliphatic carbocycles. The highest BCUT2D eigenvalue weighted by molar-refractivity contribution is 6.17. The van der Waals surface area contributed by atoms with Gasteiger partial charge in [-0.15, -0.1) is 0 Å². The minimum absolute atomic E-state index is 0.298. The predicted octanol–water partition coefficient (Wildman–Crippen LogP) is 1.47. The summed E-state index contributed by atoms with van der Waals surface area (Å²) in [5.74, 6) is -7.16. The van der Waals surface area contributed by atoms with Crippen molar-refractivity contribution in [3.63, 3.8) is 0 Å². The SMILES string of the molecule is Oc1cc2c3c(O)c(O)c(O)c(O)c3n(F)c2c(O)c1O. The molecule has 9 heteroatoms. The molecule has 0 unspecified atom stereocenters. The molecule has 2 aromatic carbocycles. The van der Waals surface area contributed by atoms with E-state index in [-0.39, 0.29) is 10.2 Å². The van der Waals surface area contributed by atoms with Crippen LogP contribution < -0.4 is 0 Å². The summed E-state index contributed by atoms with van der Waals surface area (Å²) in [5.41, 5.74) is -1.42. The second kappa shape index (κ2) is 3.66. The molecule has 1 aromatic heterocycles. The average molecular weight is 297 g/mol. The molecule has 3 aromatic rings. The Kier molecular flexibility index (Phi) is 2.23. The fraction of sp³-hybridized carbons (Fsp3) is 0. The van der Waals surface area contributed by atoms with Gasteiger partial charge in [0.1, 0.15) is 11.0 Å². The Hall–Kier alpha value is -3.23. The van der Waals surface area contributed by atoms with E-state index in [2.05, 4.69) is 0 Å². The van der Waals surface area contributed by atoms with Gasteiger partial charge in [0.15, 0.2) is 23.0 Å². The minimum atomic E-state index is -1.16. The highest BCUT2D eigenvalue weighted by Crippen LogP contribution is 2.54. The maximum Gasteiger partial charge on any atom is 0.206 e. The summed E-state index contributed by atoms with van der Waals surface area (Å²) in [6, 6.07) is 0.818. The smallest absolute Gasteiger partial charge is 0.206 e. The first-order chi connectivity index (χ1) is 9.77. The number of benzene rings is 2. The number of halogens is 1. The van der Waals surface area contributed by atoms with Gasteiger partial charge in [0, 0.05) is 5.39 Å². The Bertz CT molecular complexity index is 931. The van der Waals surface area contributed by atoms with E-state index in [1.54, 1.807) is 0 Å². The van der Waals surface area contributed by atoms with Crippen LogP contribution in [0.4, 0.5) is 4.48 Å². The van der Waals surface area contributed by atoms with Gasteiger partial charge in [-0.3, -0.25) is 0 Å². The summed E-state index contributed by atoms with van der Waals surface area (Å²) in [6.07, 6.45) is 0. The number of phenols is 7. The van der Waals surface area contributed by atoms with Gasteiger partial charge >= 0.3 is 0 Å². The first kappa shape index (κ1) is 12.8. The van der Waals surface area contributed by atoms with Crippen molar-refractivity contribution >= 4 is 21.8 Å². The van der Waals surface area contributed by atoms with Crippen molar-refractivity contribution in [3.8, 4) is 40.2 Å². The van der Waals surface area contributed by atoms with E-state index in [1.165, 1.54) is 0 Å². The fourth-order valence-corrected chi connectivity index (χ4v) is 2.27. The monoisotopic (exact) mass is 297 g/mol. The molecule has 8 nitrogen and oxygen atoms in total. The van der Waals surface area contributed by atoms with Gasteiger partial charge in [0.05, 0.1) is 5.39 Å². The lowest BCUT2D eigenvalue weighted by atomic mass is 10.1. The first-order valence-electron chi connectivity index (χ1n) is 5.51. The van der Waals surface area contributed by atoms with E-state index in [0.717, 1.165) is 6.07 Å². The van der Waals surface area contributed by atoms with Gasteiger partial charge in [0.2, 0.25) is 17.2 Å². The maximum absolute atomic E-state index is 14.3. The molecule has 0 atom stereocenters. The normalized spacial score (nSPS) is 11.5. The van der Waals surface area contributed by atoms with Gasteiger partial charge in [0.25, 0.3) is 0 Å². The molecule has 0 aliphatic rings. The van der Waals surface area contributed by atoms with Crippen LogP contribution in [0.5, 0.6) is 40.2 Å². The number of nitrogens with zero attached hydrogens (tertiary/aromatic N) is 1. The predicted molar refractivity (Wildman–Crippen MR) is 67.6 cm³/mol. The third kappa shape index (κ3) is 1.31. The fourth-order valence-electron chi connectivity index (χ4n) is 2.27. The molecule has 0 saturated heterocycles. The quantitative estimate of drug-likeness (QED) is 0.245. The Morgan fingerprint density at radius 3 is 1.81 bits per heavy atom. The van der Waals surface area contributed by atoms with Crippen LogP contribution in [-0.4, -0.2) is 40.5 Å². The zero-order chi connectivity index (χ0) is 15.6. The Morgan fingerprint density at radius 1 is 0.667 bits per heavy atom. The largest absolute Gasteiger partial charge is 0.504 e. The third-order valence-electron chi connectivity index (χ3n) is 3.26. The lowest BCUT2D eigenvalue weighted by Crippen LogP contribution is -1.84. The van der Waals surface area contributed by atoms with Gasteiger partial charge < -0.3 is 35.7 Å². The number of hydrogen-bond acceptors (Lipinski definition) is 7. The van der Waals surface area contributed by atoms with E-state index in [0.29, 0.717) is 0 Å². The van der Waals surface area contributed by atoms with Crippen molar-refractivity contribution in [2.45, 2.75) is 0 Å². The molecule has 3 rings (SSSR count). The first-order valence-corrected chi connectivity index (χ1v) is 5.51. The van der Waals surface area contributed by atoms with Crippen molar-refractivity contribution in [2.75, 3.05) is 0 Å². The summed E-state index contributed by atoms with van der Waals surface area (Å²) >= 11 is 0. The van der Waals surface area contributed by atoms with Crippen molar-refractivity contribution in [1.82, 2.24) is 4.79 Å². The molecular weight excluding hydrogens is 289 g/mol. The van der Waals surface area contributed by atoms with Gasteiger partial charge in [-0.1, -0.05) is 4.48 Å². The number of phenolic OH excluding ortho intramolecular Hbond substituents is 7. The summed E-state index contributed by atoms with van der Waals surface area (Å²) in [7, 11) is 0. The summed E-state index contributed by atoms with van der Waals surface area (Å²) in [6.45, 7) is 0. The topological polar surface area (TPSA) is 147 Å². The van der Waals surface area contributed by atoms with Crippen LogP contribution in [0.25, 0.3) is 21.8 Å². The second-order valence-electron chi connectivity index (χ2n) is 4.39. The minimum Gasteiger partial charge on any atom is -0.504 e. The number of hydrogen-bond donors (Lipinski definition) is 7. The molecule has 0 spiro atoms. The molecule has 7 N–H and O–H groups in total. The van der Waals surface area contributed by atoms with Crippen molar-refractivity contribution in [2.24, 2.45) is 0 Å². The molecule has 0 radical (unpaired) electrons. The standard InChI is InChI=1S/C12H8FNO7/c13-14-5-2(1-3(15)7(16)9(5)18)4-6(14)10(19)12(21)11(20)8(4)17/h1,15-21H. The second-order valence-corrected chi connectivity index (χ2v) is 4.39. The highest BCUT2D eigenvalue weighted by Gasteiger charge is 2.28. The molecule has 0 saturated carbocycles. The zero-order valence-electron chi connectivity index (χ0n) is 10.0. The molecule has 0 aliphatic heterocycles. The highest BCUT2D eigenvalue weighted by atomic mass is 19.2. The van der Waals surface area contributed by atoms with E-state index in [4.69, 9.17) is 0 Å². The van der Waals surface area contributed by atoms with Crippen molar-refractivity contribution < 1.29 is 40.2 Å². The zero-order valence-corrected chi connectivity index (χ0v) is 10.0. The Labute approximate surface area is 114 Å². The van der Waals surface area contributed by atoms with Crippen LogP contribution in [0, 0.1) is 0 Å². The molecular formula is C12H8FNO7. The van der Waals surface area contributed by atoms with Crippen molar-refractivity contribution in [3.05, 3.63) is 6.07 Å². The van der Waals surface area contributed by atoms with Gasteiger partial charge in [-0.2, -0.15) is 4.79 Å². The van der Waals surface area contributed by atoms with Crippen LogP contribution in [0.2, 0.25) is 0 Å². The Balaban J connectivity index is 2.75.